The summed E-state index contributed by atoms with van der Waals surface area (Å²) >= 11 is 0. The van der Waals surface area contributed by atoms with E-state index >= 15 is 0 Å². The standard InChI is InChI=1S/C11H16N4/c1-3-10-13-14-11-9(6-7-12-2)5-4-8-15(10)11/h4-5,8,12H,3,6-7H2,1-2H3. The molecule has 0 aliphatic carbocycles. The van der Waals surface area contributed by atoms with E-state index in [2.05, 4.69) is 39.0 Å². The molecular weight excluding hydrogens is 188 g/mol. The lowest BCUT2D eigenvalue weighted by Gasteiger charge is -2.02. The van der Waals surface area contributed by atoms with E-state index in [1.807, 2.05) is 13.2 Å². The van der Waals surface area contributed by atoms with Crippen LogP contribution >= 0.6 is 0 Å². The van der Waals surface area contributed by atoms with Crippen LogP contribution < -0.4 is 5.32 Å². The van der Waals surface area contributed by atoms with Gasteiger partial charge in [-0.25, -0.2) is 0 Å². The van der Waals surface area contributed by atoms with Crippen molar-refractivity contribution in [1.82, 2.24) is 19.9 Å². The Morgan fingerprint density at radius 1 is 1.40 bits per heavy atom. The van der Waals surface area contributed by atoms with Crippen LogP contribution in [0.3, 0.4) is 0 Å². The molecule has 2 heterocycles. The number of rotatable bonds is 4. The average Bonchev–Trinajstić information content (AvgIpc) is 2.69. The number of nitrogens with one attached hydrogen (secondary N) is 1. The van der Waals surface area contributed by atoms with Gasteiger partial charge in [-0.05, 0) is 31.6 Å². The highest BCUT2D eigenvalue weighted by molar-refractivity contribution is 5.47. The maximum Gasteiger partial charge on any atom is 0.164 e. The number of pyridine rings is 1. The highest BCUT2D eigenvalue weighted by atomic mass is 15.2. The van der Waals surface area contributed by atoms with Crippen molar-refractivity contribution in [3.8, 4) is 0 Å². The van der Waals surface area contributed by atoms with Crippen LogP contribution in [0, 0.1) is 0 Å². The predicted octanol–water partition coefficient (Wildman–Crippen LogP) is 1.05. The van der Waals surface area contributed by atoms with Crippen LogP contribution in [0.5, 0.6) is 0 Å². The second-order valence-electron chi connectivity index (χ2n) is 3.55. The molecule has 2 aromatic heterocycles. The number of aromatic nitrogens is 3. The lowest BCUT2D eigenvalue weighted by Crippen LogP contribution is -2.11. The van der Waals surface area contributed by atoms with E-state index in [4.69, 9.17) is 0 Å². The van der Waals surface area contributed by atoms with Gasteiger partial charge < -0.3 is 5.32 Å². The van der Waals surface area contributed by atoms with E-state index < -0.39 is 0 Å². The van der Waals surface area contributed by atoms with E-state index in [0.29, 0.717) is 0 Å². The number of fused-ring (bicyclic) bond motifs is 1. The average molecular weight is 204 g/mol. The summed E-state index contributed by atoms with van der Waals surface area (Å²) in [5, 5.41) is 11.5. The molecule has 15 heavy (non-hydrogen) atoms. The molecule has 0 aromatic carbocycles. The number of nitrogens with zero attached hydrogens (tertiary/aromatic N) is 3. The highest BCUT2D eigenvalue weighted by Crippen LogP contribution is 2.10. The van der Waals surface area contributed by atoms with Crippen LogP contribution in [0.2, 0.25) is 0 Å². The maximum atomic E-state index is 4.23. The predicted molar refractivity (Wildman–Crippen MR) is 60.0 cm³/mol. The second-order valence-corrected chi connectivity index (χ2v) is 3.55. The summed E-state index contributed by atoms with van der Waals surface area (Å²) in [4.78, 5) is 0. The Hall–Kier alpha value is -1.42. The van der Waals surface area contributed by atoms with Gasteiger partial charge in [-0.3, -0.25) is 4.40 Å². The fourth-order valence-corrected chi connectivity index (χ4v) is 1.71. The van der Waals surface area contributed by atoms with Crippen molar-refractivity contribution in [2.75, 3.05) is 13.6 Å². The molecule has 0 unspecified atom stereocenters. The van der Waals surface area contributed by atoms with Crippen molar-refractivity contribution in [2.45, 2.75) is 19.8 Å². The number of aryl methyl sites for hydroxylation is 1. The molecule has 2 rings (SSSR count). The first kappa shape index (κ1) is 10.1. The molecule has 1 N–H and O–H groups in total. The minimum absolute atomic E-state index is 0.913. The Labute approximate surface area is 89.3 Å². The minimum atomic E-state index is 0.913. The summed E-state index contributed by atoms with van der Waals surface area (Å²) in [5.74, 6) is 1.02. The quantitative estimate of drug-likeness (QED) is 0.809. The second kappa shape index (κ2) is 4.40. The Bertz CT molecular complexity index is 447. The van der Waals surface area contributed by atoms with Gasteiger partial charge in [0.25, 0.3) is 0 Å². The first-order chi connectivity index (χ1) is 7.36. The van der Waals surface area contributed by atoms with Crippen LogP contribution in [0.4, 0.5) is 0 Å². The zero-order valence-electron chi connectivity index (χ0n) is 9.20. The Morgan fingerprint density at radius 3 is 3.00 bits per heavy atom. The zero-order valence-corrected chi connectivity index (χ0v) is 9.20. The van der Waals surface area contributed by atoms with Gasteiger partial charge in [0.05, 0.1) is 0 Å². The van der Waals surface area contributed by atoms with Crippen molar-refractivity contribution >= 4 is 5.65 Å². The smallest absolute Gasteiger partial charge is 0.164 e. The van der Waals surface area contributed by atoms with Crippen molar-refractivity contribution < 1.29 is 0 Å². The Kier molecular flexibility index (Phi) is 2.97. The van der Waals surface area contributed by atoms with Crippen molar-refractivity contribution in [3.63, 3.8) is 0 Å². The fraction of sp³-hybridized carbons (Fsp3) is 0.455. The summed E-state index contributed by atoms with van der Waals surface area (Å²) < 4.78 is 2.07. The van der Waals surface area contributed by atoms with E-state index in [0.717, 1.165) is 30.9 Å². The van der Waals surface area contributed by atoms with Gasteiger partial charge in [0.1, 0.15) is 5.82 Å². The Balaban J connectivity index is 2.42. The van der Waals surface area contributed by atoms with Crippen LogP contribution in [-0.4, -0.2) is 28.2 Å². The van der Waals surface area contributed by atoms with Crippen LogP contribution in [0.15, 0.2) is 18.3 Å². The lowest BCUT2D eigenvalue weighted by molar-refractivity contribution is 0.790. The minimum Gasteiger partial charge on any atom is -0.319 e. The summed E-state index contributed by atoms with van der Waals surface area (Å²) in [6.07, 6.45) is 3.93. The van der Waals surface area contributed by atoms with Gasteiger partial charge in [-0.2, -0.15) is 0 Å². The number of hydrogen-bond donors (Lipinski definition) is 1. The normalized spacial score (nSPS) is 11.1. The summed E-state index contributed by atoms with van der Waals surface area (Å²) in [6.45, 7) is 3.06. The first-order valence-electron chi connectivity index (χ1n) is 5.33. The van der Waals surface area contributed by atoms with Gasteiger partial charge >= 0.3 is 0 Å². The zero-order chi connectivity index (χ0) is 10.7. The Morgan fingerprint density at radius 2 is 2.27 bits per heavy atom. The summed E-state index contributed by atoms with van der Waals surface area (Å²) in [6, 6.07) is 4.17. The highest BCUT2D eigenvalue weighted by Gasteiger charge is 2.06. The van der Waals surface area contributed by atoms with Gasteiger partial charge in [-0.1, -0.05) is 13.0 Å². The van der Waals surface area contributed by atoms with E-state index in [-0.39, 0.29) is 0 Å². The third kappa shape index (κ3) is 1.85. The molecule has 0 aliphatic heterocycles. The van der Waals surface area contributed by atoms with E-state index in [1.54, 1.807) is 0 Å². The molecule has 0 bridgehead atoms. The van der Waals surface area contributed by atoms with E-state index in [1.165, 1.54) is 5.56 Å². The number of hydrogen-bond acceptors (Lipinski definition) is 3. The largest absolute Gasteiger partial charge is 0.319 e. The third-order valence-corrected chi connectivity index (χ3v) is 2.55. The maximum absolute atomic E-state index is 4.23. The molecular formula is C11H16N4. The van der Waals surface area contributed by atoms with Crippen molar-refractivity contribution in [3.05, 3.63) is 29.7 Å². The summed E-state index contributed by atoms with van der Waals surface area (Å²) in [7, 11) is 1.96. The molecule has 0 saturated carbocycles. The van der Waals surface area contributed by atoms with Crippen LogP contribution in [-0.2, 0) is 12.8 Å². The molecule has 80 valence electrons. The van der Waals surface area contributed by atoms with Crippen LogP contribution in [0.25, 0.3) is 5.65 Å². The van der Waals surface area contributed by atoms with E-state index in [9.17, 15) is 0 Å². The molecule has 2 aromatic rings. The van der Waals surface area contributed by atoms with Crippen molar-refractivity contribution in [2.24, 2.45) is 0 Å². The molecule has 0 radical (unpaired) electrons. The van der Waals surface area contributed by atoms with Gasteiger partial charge in [-0.15, -0.1) is 10.2 Å². The monoisotopic (exact) mass is 204 g/mol. The van der Waals surface area contributed by atoms with Gasteiger partial charge in [0, 0.05) is 12.6 Å². The molecule has 0 aliphatic rings. The first-order valence-corrected chi connectivity index (χ1v) is 5.33. The topological polar surface area (TPSA) is 42.2 Å². The van der Waals surface area contributed by atoms with Crippen molar-refractivity contribution in [1.29, 1.82) is 0 Å². The molecule has 4 heteroatoms. The lowest BCUT2D eigenvalue weighted by atomic mass is 10.2. The molecule has 4 nitrogen and oxygen atoms in total. The van der Waals surface area contributed by atoms with Gasteiger partial charge in [0.2, 0.25) is 0 Å². The van der Waals surface area contributed by atoms with Crippen LogP contribution in [0.1, 0.15) is 18.3 Å². The molecule has 0 saturated heterocycles. The molecule has 0 amide bonds. The third-order valence-electron chi connectivity index (χ3n) is 2.55. The SMILES string of the molecule is CCc1nnc2c(CCNC)cccn12. The number of likely N-dealkylation sites (N-methyl/N-ethyl adjacent to an activating group) is 1. The molecule has 0 spiro atoms. The molecule has 0 atom stereocenters. The summed E-state index contributed by atoms with van der Waals surface area (Å²) in [5.41, 5.74) is 2.24. The fourth-order valence-electron chi connectivity index (χ4n) is 1.71. The molecule has 0 fully saturated rings. The van der Waals surface area contributed by atoms with Gasteiger partial charge in [0.15, 0.2) is 5.65 Å².